The van der Waals surface area contributed by atoms with Gasteiger partial charge >= 0.3 is 0 Å². The first kappa shape index (κ1) is 15.2. The van der Waals surface area contributed by atoms with Gasteiger partial charge in [0.25, 0.3) is 0 Å². The Morgan fingerprint density at radius 3 is 2.71 bits per heavy atom. The van der Waals surface area contributed by atoms with Crippen LogP contribution in [0.3, 0.4) is 0 Å². The van der Waals surface area contributed by atoms with E-state index in [1.807, 2.05) is 0 Å². The molecule has 0 radical (unpaired) electrons. The fraction of sp³-hybridized carbons (Fsp3) is 0.0714. The average Bonchev–Trinajstić information content (AvgIpc) is 2.49. The lowest BCUT2D eigenvalue weighted by Crippen LogP contribution is -2.16. The lowest BCUT2D eigenvalue weighted by Gasteiger charge is -2.11. The molecule has 110 valence electrons. The number of rotatable bonds is 4. The zero-order valence-electron chi connectivity index (χ0n) is 10.7. The second kappa shape index (κ2) is 6.53. The molecule has 0 heterocycles. The number of ether oxygens (including phenoxy) is 1. The number of hydrogen-bond acceptors (Lipinski definition) is 3. The topological polar surface area (TPSA) is 67.8 Å². The summed E-state index contributed by atoms with van der Waals surface area (Å²) in [5.41, 5.74) is 6.58. The van der Waals surface area contributed by atoms with Crippen LogP contribution in [-0.2, 0) is 6.61 Å². The van der Waals surface area contributed by atoms with Crippen molar-refractivity contribution < 1.29 is 18.7 Å². The number of halogens is 3. The summed E-state index contributed by atoms with van der Waals surface area (Å²) in [4.78, 5) is 0. The molecule has 0 aliphatic carbocycles. The van der Waals surface area contributed by atoms with Crippen molar-refractivity contribution in [2.75, 3.05) is 0 Å². The predicted octanol–water partition coefficient (Wildman–Crippen LogP) is 3.40. The first-order valence-electron chi connectivity index (χ1n) is 5.86. The maximum absolute atomic E-state index is 13.6. The Morgan fingerprint density at radius 2 is 2.00 bits per heavy atom. The summed E-state index contributed by atoms with van der Waals surface area (Å²) in [6.07, 6.45) is 0. The standard InChI is InChI=1S/C14H11BrF2N2O2/c15-9-5-11(16)13(17)12(6-9)21-7-8-3-1-2-4-10(8)14(18)19-20/h1-6,20H,7H2,(H2,18,19). The van der Waals surface area contributed by atoms with Crippen LogP contribution in [0.4, 0.5) is 8.78 Å². The molecule has 0 aliphatic rings. The lowest BCUT2D eigenvalue weighted by atomic mass is 10.1. The largest absolute Gasteiger partial charge is 0.486 e. The number of hydrogen-bond donors (Lipinski definition) is 2. The summed E-state index contributed by atoms with van der Waals surface area (Å²) in [7, 11) is 0. The highest BCUT2D eigenvalue weighted by Crippen LogP contribution is 2.26. The van der Waals surface area contributed by atoms with Gasteiger partial charge in [-0.3, -0.25) is 0 Å². The molecule has 21 heavy (non-hydrogen) atoms. The van der Waals surface area contributed by atoms with Gasteiger partial charge in [-0.15, -0.1) is 0 Å². The Balaban J connectivity index is 2.25. The molecule has 2 aromatic carbocycles. The number of amidine groups is 1. The van der Waals surface area contributed by atoms with Crippen LogP contribution in [0, 0.1) is 11.6 Å². The lowest BCUT2D eigenvalue weighted by molar-refractivity contribution is 0.284. The first-order valence-corrected chi connectivity index (χ1v) is 6.65. The second-order valence-corrected chi connectivity index (χ2v) is 5.05. The van der Waals surface area contributed by atoms with Gasteiger partial charge in [0, 0.05) is 15.6 Å². The van der Waals surface area contributed by atoms with Crippen molar-refractivity contribution in [3.05, 3.63) is 63.6 Å². The fourth-order valence-corrected chi connectivity index (χ4v) is 2.15. The number of nitrogens with zero attached hydrogens (tertiary/aromatic N) is 1. The van der Waals surface area contributed by atoms with Gasteiger partial charge in [-0.25, -0.2) is 4.39 Å². The molecule has 2 aromatic rings. The van der Waals surface area contributed by atoms with Crippen LogP contribution in [0.5, 0.6) is 5.75 Å². The summed E-state index contributed by atoms with van der Waals surface area (Å²) in [5.74, 6) is -2.39. The highest BCUT2D eigenvalue weighted by Gasteiger charge is 2.13. The minimum atomic E-state index is -1.07. The number of benzene rings is 2. The normalized spacial score (nSPS) is 11.5. The van der Waals surface area contributed by atoms with Crippen LogP contribution < -0.4 is 10.5 Å². The van der Waals surface area contributed by atoms with Crippen molar-refractivity contribution >= 4 is 21.8 Å². The van der Waals surface area contributed by atoms with Crippen molar-refractivity contribution in [1.82, 2.24) is 0 Å². The molecule has 0 aromatic heterocycles. The van der Waals surface area contributed by atoms with Crippen LogP contribution in [0.25, 0.3) is 0 Å². The van der Waals surface area contributed by atoms with E-state index in [4.69, 9.17) is 15.7 Å². The Bertz CT molecular complexity index is 693. The van der Waals surface area contributed by atoms with E-state index < -0.39 is 11.6 Å². The van der Waals surface area contributed by atoms with Crippen molar-refractivity contribution in [2.45, 2.75) is 6.61 Å². The quantitative estimate of drug-likeness (QED) is 0.290. The number of oxime groups is 1. The maximum Gasteiger partial charge on any atom is 0.200 e. The maximum atomic E-state index is 13.6. The van der Waals surface area contributed by atoms with E-state index in [0.29, 0.717) is 15.6 Å². The van der Waals surface area contributed by atoms with E-state index in [1.54, 1.807) is 24.3 Å². The van der Waals surface area contributed by atoms with E-state index in [0.717, 1.165) is 6.07 Å². The van der Waals surface area contributed by atoms with Gasteiger partial charge in [0.2, 0.25) is 5.82 Å². The van der Waals surface area contributed by atoms with Crippen molar-refractivity contribution in [2.24, 2.45) is 10.9 Å². The predicted molar refractivity (Wildman–Crippen MR) is 77.3 cm³/mol. The Kier molecular flexibility index (Phi) is 4.74. The molecule has 0 amide bonds. The van der Waals surface area contributed by atoms with E-state index in [1.165, 1.54) is 6.07 Å². The average molecular weight is 357 g/mol. The molecule has 0 fully saturated rings. The van der Waals surface area contributed by atoms with Gasteiger partial charge in [-0.05, 0) is 12.1 Å². The minimum Gasteiger partial charge on any atom is -0.486 e. The van der Waals surface area contributed by atoms with E-state index in [9.17, 15) is 8.78 Å². The molecule has 7 heteroatoms. The van der Waals surface area contributed by atoms with Gasteiger partial charge in [-0.2, -0.15) is 4.39 Å². The summed E-state index contributed by atoms with van der Waals surface area (Å²) in [6, 6.07) is 9.07. The molecule has 4 nitrogen and oxygen atoms in total. The Labute approximate surface area is 128 Å². The molecule has 0 saturated carbocycles. The molecule has 2 rings (SSSR count). The molecule has 3 N–H and O–H groups in total. The SMILES string of the molecule is N/C(=N/O)c1ccccc1COc1cc(Br)cc(F)c1F. The van der Waals surface area contributed by atoms with E-state index in [2.05, 4.69) is 21.1 Å². The van der Waals surface area contributed by atoms with Crippen LogP contribution >= 0.6 is 15.9 Å². The monoisotopic (exact) mass is 356 g/mol. The van der Waals surface area contributed by atoms with Crippen LogP contribution in [0.1, 0.15) is 11.1 Å². The highest BCUT2D eigenvalue weighted by molar-refractivity contribution is 9.10. The highest BCUT2D eigenvalue weighted by atomic mass is 79.9. The van der Waals surface area contributed by atoms with Gasteiger partial charge in [-0.1, -0.05) is 45.4 Å². The van der Waals surface area contributed by atoms with E-state index >= 15 is 0 Å². The molecule has 0 bridgehead atoms. The van der Waals surface area contributed by atoms with Gasteiger partial charge < -0.3 is 15.7 Å². The van der Waals surface area contributed by atoms with Crippen LogP contribution in [0.2, 0.25) is 0 Å². The van der Waals surface area contributed by atoms with E-state index in [-0.39, 0.29) is 18.2 Å². The van der Waals surface area contributed by atoms with Gasteiger partial charge in [0.15, 0.2) is 17.4 Å². The summed E-state index contributed by atoms with van der Waals surface area (Å²) < 4.78 is 32.5. The number of nitrogens with two attached hydrogens (primary N) is 1. The first-order chi connectivity index (χ1) is 10.0. The van der Waals surface area contributed by atoms with Gasteiger partial charge in [0.05, 0.1) is 0 Å². The minimum absolute atomic E-state index is 0.0563. The van der Waals surface area contributed by atoms with Crippen LogP contribution in [-0.4, -0.2) is 11.0 Å². The molecule has 0 aliphatic heterocycles. The van der Waals surface area contributed by atoms with Crippen molar-refractivity contribution in [1.29, 1.82) is 0 Å². The molecule has 0 spiro atoms. The summed E-state index contributed by atoms with van der Waals surface area (Å²) >= 11 is 3.06. The molecule has 0 saturated heterocycles. The summed E-state index contributed by atoms with van der Waals surface area (Å²) in [5, 5.41) is 11.6. The van der Waals surface area contributed by atoms with Crippen molar-refractivity contribution in [3.63, 3.8) is 0 Å². The Hall–Kier alpha value is -2.15. The molecule has 0 atom stereocenters. The zero-order chi connectivity index (χ0) is 15.4. The molecule has 0 unspecified atom stereocenters. The fourth-order valence-electron chi connectivity index (χ4n) is 1.74. The second-order valence-electron chi connectivity index (χ2n) is 4.13. The third kappa shape index (κ3) is 3.49. The Morgan fingerprint density at radius 1 is 1.29 bits per heavy atom. The third-order valence-electron chi connectivity index (χ3n) is 2.74. The van der Waals surface area contributed by atoms with Crippen molar-refractivity contribution in [3.8, 4) is 5.75 Å². The molecular weight excluding hydrogens is 346 g/mol. The summed E-state index contributed by atoms with van der Waals surface area (Å²) in [6.45, 7) is -0.0563. The van der Waals surface area contributed by atoms with Gasteiger partial charge in [0.1, 0.15) is 6.61 Å². The van der Waals surface area contributed by atoms with Crippen LogP contribution in [0.15, 0.2) is 46.0 Å². The zero-order valence-corrected chi connectivity index (χ0v) is 12.3. The third-order valence-corrected chi connectivity index (χ3v) is 3.20. The smallest absolute Gasteiger partial charge is 0.200 e. The molecular formula is C14H11BrF2N2O2.